The maximum atomic E-state index is 12.6. The van der Waals surface area contributed by atoms with E-state index in [0.29, 0.717) is 4.90 Å². The molecule has 1 atom stereocenters. The molecule has 2 N–H and O–H groups in total. The van der Waals surface area contributed by atoms with Gasteiger partial charge in [-0.25, -0.2) is 13.1 Å². The van der Waals surface area contributed by atoms with Gasteiger partial charge in [0.05, 0.1) is 4.90 Å². The lowest BCUT2D eigenvalue weighted by Crippen LogP contribution is -2.35. The van der Waals surface area contributed by atoms with Crippen molar-refractivity contribution in [2.75, 3.05) is 6.54 Å². The molecule has 2 rings (SSSR count). The van der Waals surface area contributed by atoms with E-state index in [2.05, 4.69) is 17.0 Å². The SMILES string of the molecule is CCCC(CC)NS(=O)(=O)c1cccc2c1CCNC2. The normalized spacial score (nSPS) is 16.7. The van der Waals surface area contributed by atoms with Gasteiger partial charge in [0.25, 0.3) is 0 Å². The van der Waals surface area contributed by atoms with Crippen molar-refractivity contribution in [1.82, 2.24) is 10.0 Å². The largest absolute Gasteiger partial charge is 0.312 e. The minimum atomic E-state index is -3.41. The molecule has 1 aliphatic heterocycles. The number of hydrogen-bond donors (Lipinski definition) is 2. The van der Waals surface area contributed by atoms with E-state index in [-0.39, 0.29) is 6.04 Å². The van der Waals surface area contributed by atoms with Crippen LogP contribution in [0, 0.1) is 0 Å². The Bertz CT molecular complexity index is 555. The predicted molar refractivity (Wildman–Crippen MR) is 81.2 cm³/mol. The summed E-state index contributed by atoms with van der Waals surface area (Å²) in [5, 5.41) is 3.28. The van der Waals surface area contributed by atoms with Gasteiger partial charge in [0.1, 0.15) is 0 Å². The lowest BCUT2D eigenvalue weighted by molar-refractivity contribution is 0.511. The van der Waals surface area contributed by atoms with E-state index in [9.17, 15) is 8.42 Å². The molecule has 0 saturated carbocycles. The van der Waals surface area contributed by atoms with Gasteiger partial charge in [0.2, 0.25) is 10.0 Å². The van der Waals surface area contributed by atoms with Crippen molar-refractivity contribution >= 4 is 10.0 Å². The highest BCUT2D eigenvalue weighted by Crippen LogP contribution is 2.23. The minimum absolute atomic E-state index is 0.0302. The molecule has 0 spiro atoms. The van der Waals surface area contributed by atoms with Gasteiger partial charge in [-0.3, -0.25) is 0 Å². The van der Waals surface area contributed by atoms with Crippen LogP contribution in [0.25, 0.3) is 0 Å². The van der Waals surface area contributed by atoms with Gasteiger partial charge < -0.3 is 5.32 Å². The van der Waals surface area contributed by atoms with E-state index in [1.165, 1.54) is 0 Å². The third-order valence-corrected chi connectivity index (χ3v) is 5.44. The molecule has 5 heteroatoms. The molecule has 0 amide bonds. The van der Waals surface area contributed by atoms with Gasteiger partial charge in [-0.2, -0.15) is 0 Å². The van der Waals surface area contributed by atoms with Crippen LogP contribution in [0.5, 0.6) is 0 Å². The van der Waals surface area contributed by atoms with Crippen molar-refractivity contribution in [2.24, 2.45) is 0 Å². The third kappa shape index (κ3) is 3.40. The lowest BCUT2D eigenvalue weighted by atomic mass is 10.0. The zero-order valence-corrected chi connectivity index (χ0v) is 13.1. The number of rotatable bonds is 6. The van der Waals surface area contributed by atoms with Crippen molar-refractivity contribution in [3.63, 3.8) is 0 Å². The summed E-state index contributed by atoms with van der Waals surface area (Å²) in [6.45, 7) is 5.69. The Morgan fingerprint density at radius 1 is 1.35 bits per heavy atom. The van der Waals surface area contributed by atoms with Crippen molar-refractivity contribution < 1.29 is 8.42 Å². The van der Waals surface area contributed by atoms with E-state index in [1.807, 2.05) is 19.1 Å². The second kappa shape index (κ2) is 6.70. The zero-order valence-electron chi connectivity index (χ0n) is 12.3. The number of nitrogens with one attached hydrogen (secondary N) is 2. The molecule has 1 aromatic carbocycles. The molecule has 0 radical (unpaired) electrons. The van der Waals surface area contributed by atoms with Crippen molar-refractivity contribution in [3.05, 3.63) is 29.3 Å². The molecular formula is C15H24N2O2S. The van der Waals surface area contributed by atoms with Gasteiger partial charge in [-0.05, 0) is 43.0 Å². The summed E-state index contributed by atoms with van der Waals surface area (Å²) >= 11 is 0. The van der Waals surface area contributed by atoms with Crippen LogP contribution in [-0.4, -0.2) is 21.0 Å². The van der Waals surface area contributed by atoms with Gasteiger partial charge in [-0.15, -0.1) is 0 Å². The summed E-state index contributed by atoms with van der Waals surface area (Å²) < 4.78 is 28.1. The first-order valence-corrected chi connectivity index (χ1v) is 8.90. The first-order valence-electron chi connectivity index (χ1n) is 7.42. The Labute approximate surface area is 122 Å². The highest BCUT2D eigenvalue weighted by molar-refractivity contribution is 7.89. The molecule has 0 aromatic heterocycles. The average Bonchev–Trinajstić information content (AvgIpc) is 2.46. The lowest BCUT2D eigenvalue weighted by Gasteiger charge is -2.22. The Balaban J connectivity index is 2.30. The van der Waals surface area contributed by atoms with E-state index >= 15 is 0 Å². The predicted octanol–water partition coefficient (Wildman–Crippen LogP) is 2.19. The quantitative estimate of drug-likeness (QED) is 0.846. The third-order valence-electron chi connectivity index (χ3n) is 3.84. The molecule has 0 fully saturated rings. The molecule has 112 valence electrons. The summed E-state index contributed by atoms with van der Waals surface area (Å²) in [6, 6.07) is 5.60. The molecule has 1 heterocycles. The summed E-state index contributed by atoms with van der Waals surface area (Å²) in [7, 11) is -3.41. The topological polar surface area (TPSA) is 58.2 Å². The molecule has 4 nitrogen and oxygen atoms in total. The van der Waals surface area contributed by atoms with Crippen LogP contribution in [0.1, 0.15) is 44.2 Å². The van der Waals surface area contributed by atoms with Crippen LogP contribution < -0.4 is 10.0 Å². The van der Waals surface area contributed by atoms with E-state index in [4.69, 9.17) is 0 Å². The van der Waals surface area contributed by atoms with Crippen LogP contribution in [0.2, 0.25) is 0 Å². The summed E-state index contributed by atoms with van der Waals surface area (Å²) in [4.78, 5) is 0.464. The summed E-state index contributed by atoms with van der Waals surface area (Å²) in [5.41, 5.74) is 2.08. The van der Waals surface area contributed by atoms with Crippen LogP contribution in [0.3, 0.4) is 0 Å². The number of fused-ring (bicyclic) bond motifs is 1. The highest BCUT2D eigenvalue weighted by atomic mass is 32.2. The fourth-order valence-corrected chi connectivity index (χ4v) is 4.39. The van der Waals surface area contributed by atoms with Crippen LogP contribution in [-0.2, 0) is 23.0 Å². The molecule has 0 bridgehead atoms. The molecule has 1 aliphatic rings. The van der Waals surface area contributed by atoms with E-state index < -0.39 is 10.0 Å². The first kappa shape index (κ1) is 15.5. The zero-order chi connectivity index (χ0) is 14.6. The molecule has 0 saturated heterocycles. The number of hydrogen-bond acceptors (Lipinski definition) is 3. The summed E-state index contributed by atoms with van der Waals surface area (Å²) in [6.07, 6.45) is 3.46. The first-order chi connectivity index (χ1) is 9.58. The Morgan fingerprint density at radius 2 is 2.15 bits per heavy atom. The summed E-state index contributed by atoms with van der Waals surface area (Å²) in [5.74, 6) is 0. The van der Waals surface area contributed by atoms with Crippen LogP contribution in [0.4, 0.5) is 0 Å². The fourth-order valence-electron chi connectivity index (χ4n) is 2.73. The Kier molecular flexibility index (Phi) is 5.18. The van der Waals surface area contributed by atoms with Gasteiger partial charge in [0.15, 0.2) is 0 Å². The second-order valence-electron chi connectivity index (χ2n) is 5.34. The number of sulfonamides is 1. The fraction of sp³-hybridized carbons (Fsp3) is 0.600. The molecule has 20 heavy (non-hydrogen) atoms. The standard InChI is InChI=1S/C15H24N2O2S/c1-3-6-13(4-2)17-20(18,19)15-8-5-7-12-11-16-10-9-14(12)15/h5,7-8,13,16-17H,3-4,6,9-11H2,1-2H3. The van der Waals surface area contributed by atoms with Gasteiger partial charge in [-0.1, -0.05) is 32.4 Å². The van der Waals surface area contributed by atoms with Crippen molar-refractivity contribution in [2.45, 2.75) is 57.0 Å². The maximum absolute atomic E-state index is 12.6. The Morgan fingerprint density at radius 3 is 2.85 bits per heavy atom. The van der Waals surface area contributed by atoms with Crippen molar-refractivity contribution in [3.8, 4) is 0 Å². The van der Waals surface area contributed by atoms with E-state index in [0.717, 1.165) is 49.9 Å². The van der Waals surface area contributed by atoms with E-state index in [1.54, 1.807) is 6.07 Å². The highest BCUT2D eigenvalue weighted by Gasteiger charge is 2.24. The monoisotopic (exact) mass is 296 g/mol. The second-order valence-corrected chi connectivity index (χ2v) is 7.02. The van der Waals surface area contributed by atoms with Gasteiger partial charge >= 0.3 is 0 Å². The van der Waals surface area contributed by atoms with Crippen molar-refractivity contribution in [1.29, 1.82) is 0 Å². The maximum Gasteiger partial charge on any atom is 0.241 e. The van der Waals surface area contributed by atoms with Gasteiger partial charge in [0, 0.05) is 12.6 Å². The molecular weight excluding hydrogens is 272 g/mol. The molecule has 1 unspecified atom stereocenters. The minimum Gasteiger partial charge on any atom is -0.312 e. The number of benzene rings is 1. The van der Waals surface area contributed by atoms with Crippen LogP contribution in [0.15, 0.2) is 23.1 Å². The average molecular weight is 296 g/mol. The van der Waals surface area contributed by atoms with Crippen LogP contribution >= 0.6 is 0 Å². The molecule has 0 aliphatic carbocycles. The molecule has 1 aromatic rings. The Hall–Kier alpha value is -0.910. The smallest absolute Gasteiger partial charge is 0.241 e.